The Kier molecular flexibility index (Phi) is 6.72. The SMILES string of the molecule is Cc1ccc(-c2cnc(-c3ccccc3C(=O)NC3CNCCC3C)o2)cc1.Cl. The van der Waals surface area contributed by atoms with Crippen LogP contribution in [0.25, 0.3) is 22.8 Å². The van der Waals surface area contributed by atoms with Gasteiger partial charge in [-0.3, -0.25) is 4.79 Å². The lowest BCUT2D eigenvalue weighted by atomic mass is 9.94. The lowest BCUT2D eigenvalue weighted by Crippen LogP contribution is -2.50. The molecule has 1 amide bonds. The first-order valence-electron chi connectivity index (χ1n) is 9.75. The molecule has 0 saturated carbocycles. The van der Waals surface area contributed by atoms with Crippen LogP contribution in [0.1, 0.15) is 29.3 Å². The molecule has 2 heterocycles. The Morgan fingerprint density at radius 3 is 2.69 bits per heavy atom. The highest BCUT2D eigenvalue weighted by Crippen LogP contribution is 2.28. The number of nitrogens with one attached hydrogen (secondary N) is 2. The third-order valence-corrected chi connectivity index (χ3v) is 5.39. The Hall–Kier alpha value is -2.63. The van der Waals surface area contributed by atoms with Gasteiger partial charge in [0.2, 0.25) is 5.89 Å². The average molecular weight is 412 g/mol. The second-order valence-electron chi connectivity index (χ2n) is 7.49. The number of benzene rings is 2. The van der Waals surface area contributed by atoms with Crippen molar-refractivity contribution in [3.63, 3.8) is 0 Å². The first kappa shape index (κ1) is 21.1. The van der Waals surface area contributed by atoms with Gasteiger partial charge in [0, 0.05) is 23.7 Å². The number of amides is 1. The van der Waals surface area contributed by atoms with Gasteiger partial charge in [0.15, 0.2) is 5.76 Å². The number of aryl methyl sites for hydroxylation is 1. The van der Waals surface area contributed by atoms with Crippen LogP contribution in [0.2, 0.25) is 0 Å². The largest absolute Gasteiger partial charge is 0.436 e. The molecule has 0 radical (unpaired) electrons. The number of carbonyl (C=O) groups is 1. The molecule has 3 aromatic rings. The Balaban J connectivity index is 0.00000240. The van der Waals surface area contributed by atoms with Crippen LogP contribution in [0, 0.1) is 12.8 Å². The maximum absolute atomic E-state index is 13.0. The van der Waals surface area contributed by atoms with Crippen molar-refractivity contribution in [2.24, 2.45) is 5.92 Å². The number of aromatic nitrogens is 1. The van der Waals surface area contributed by atoms with Gasteiger partial charge >= 0.3 is 0 Å². The Morgan fingerprint density at radius 1 is 1.17 bits per heavy atom. The number of rotatable bonds is 4. The minimum Gasteiger partial charge on any atom is -0.436 e. The van der Waals surface area contributed by atoms with Gasteiger partial charge in [0.05, 0.1) is 11.8 Å². The minimum absolute atomic E-state index is 0. The molecule has 5 nitrogen and oxygen atoms in total. The predicted octanol–water partition coefficient (Wildman–Crippen LogP) is 4.47. The second kappa shape index (κ2) is 9.25. The topological polar surface area (TPSA) is 67.2 Å². The quantitative estimate of drug-likeness (QED) is 0.664. The molecule has 2 unspecified atom stereocenters. The molecule has 1 fully saturated rings. The van der Waals surface area contributed by atoms with Crippen LogP contribution in [0.3, 0.4) is 0 Å². The first-order chi connectivity index (χ1) is 13.6. The smallest absolute Gasteiger partial charge is 0.252 e. The van der Waals surface area contributed by atoms with E-state index >= 15 is 0 Å². The normalized spacial score (nSPS) is 18.7. The van der Waals surface area contributed by atoms with Gasteiger partial charge in [-0.25, -0.2) is 4.98 Å². The molecular weight excluding hydrogens is 386 g/mol. The fourth-order valence-corrected chi connectivity index (χ4v) is 3.55. The number of hydrogen-bond donors (Lipinski definition) is 2. The van der Waals surface area contributed by atoms with Crippen molar-refractivity contribution >= 4 is 18.3 Å². The highest BCUT2D eigenvalue weighted by atomic mass is 35.5. The van der Waals surface area contributed by atoms with E-state index in [0.717, 1.165) is 25.1 Å². The molecule has 1 saturated heterocycles. The molecule has 2 aromatic carbocycles. The number of piperidine rings is 1. The van der Waals surface area contributed by atoms with Crippen LogP contribution in [-0.2, 0) is 0 Å². The van der Waals surface area contributed by atoms with Crippen LogP contribution in [0.4, 0.5) is 0 Å². The van der Waals surface area contributed by atoms with E-state index in [4.69, 9.17) is 4.42 Å². The molecule has 1 aromatic heterocycles. The minimum atomic E-state index is -0.0914. The molecule has 2 atom stereocenters. The molecule has 1 aliphatic rings. The van der Waals surface area contributed by atoms with Crippen LogP contribution in [-0.4, -0.2) is 30.0 Å². The summed E-state index contributed by atoms with van der Waals surface area (Å²) in [5, 5.41) is 6.52. The molecule has 0 spiro atoms. The lowest BCUT2D eigenvalue weighted by molar-refractivity contribution is 0.0915. The Bertz CT molecular complexity index is 968. The molecule has 0 bridgehead atoms. The molecule has 0 aliphatic carbocycles. The van der Waals surface area contributed by atoms with Gasteiger partial charge in [-0.15, -0.1) is 12.4 Å². The van der Waals surface area contributed by atoms with E-state index in [9.17, 15) is 4.79 Å². The summed E-state index contributed by atoms with van der Waals surface area (Å²) >= 11 is 0. The molecular formula is C23H26ClN3O2. The summed E-state index contributed by atoms with van der Waals surface area (Å²) in [5.74, 6) is 1.50. The summed E-state index contributed by atoms with van der Waals surface area (Å²) in [6.45, 7) is 6.03. The molecule has 6 heteroatoms. The van der Waals surface area contributed by atoms with Crippen molar-refractivity contribution in [1.82, 2.24) is 15.6 Å². The summed E-state index contributed by atoms with van der Waals surface area (Å²) in [5.41, 5.74) is 3.44. The van der Waals surface area contributed by atoms with Crippen molar-refractivity contribution in [3.05, 3.63) is 65.9 Å². The summed E-state index contributed by atoms with van der Waals surface area (Å²) in [6, 6.07) is 15.7. The standard InChI is InChI=1S/C23H25N3O2.ClH/c1-15-7-9-17(10-8-15)21-14-25-23(28-21)19-6-4-3-5-18(19)22(27)26-20-13-24-12-11-16(20)2;/h3-10,14,16,20,24H,11-13H2,1-2H3,(H,26,27);1H. The van der Waals surface area contributed by atoms with Gasteiger partial charge in [-0.2, -0.15) is 0 Å². The number of halogens is 1. The van der Waals surface area contributed by atoms with Crippen molar-refractivity contribution in [1.29, 1.82) is 0 Å². The number of carbonyl (C=O) groups excluding carboxylic acids is 1. The van der Waals surface area contributed by atoms with E-state index in [0.29, 0.717) is 28.7 Å². The number of oxazole rings is 1. The zero-order valence-electron chi connectivity index (χ0n) is 16.6. The predicted molar refractivity (Wildman–Crippen MR) is 117 cm³/mol. The summed E-state index contributed by atoms with van der Waals surface area (Å²) in [7, 11) is 0. The van der Waals surface area contributed by atoms with Crippen LogP contribution < -0.4 is 10.6 Å². The van der Waals surface area contributed by atoms with E-state index in [-0.39, 0.29) is 24.4 Å². The lowest BCUT2D eigenvalue weighted by Gasteiger charge is -2.30. The fourth-order valence-electron chi connectivity index (χ4n) is 3.55. The highest BCUT2D eigenvalue weighted by molar-refractivity contribution is 6.00. The van der Waals surface area contributed by atoms with Crippen LogP contribution >= 0.6 is 12.4 Å². The maximum atomic E-state index is 13.0. The van der Waals surface area contributed by atoms with Crippen molar-refractivity contribution in [2.45, 2.75) is 26.3 Å². The van der Waals surface area contributed by atoms with E-state index in [1.54, 1.807) is 6.20 Å². The van der Waals surface area contributed by atoms with E-state index in [2.05, 4.69) is 22.5 Å². The van der Waals surface area contributed by atoms with Gasteiger partial charge in [0.25, 0.3) is 5.91 Å². The van der Waals surface area contributed by atoms with Gasteiger partial charge < -0.3 is 15.1 Å². The van der Waals surface area contributed by atoms with Crippen LogP contribution in [0.5, 0.6) is 0 Å². The average Bonchev–Trinajstić information content (AvgIpc) is 3.20. The third kappa shape index (κ3) is 4.69. The molecule has 152 valence electrons. The van der Waals surface area contributed by atoms with Crippen molar-refractivity contribution in [3.8, 4) is 22.8 Å². The third-order valence-electron chi connectivity index (χ3n) is 5.39. The number of nitrogens with zero attached hydrogens (tertiary/aromatic N) is 1. The Morgan fingerprint density at radius 2 is 1.93 bits per heavy atom. The van der Waals surface area contributed by atoms with Gasteiger partial charge in [0.1, 0.15) is 0 Å². The Labute approximate surface area is 177 Å². The second-order valence-corrected chi connectivity index (χ2v) is 7.49. The fraction of sp³-hybridized carbons (Fsp3) is 0.304. The van der Waals surface area contributed by atoms with E-state index < -0.39 is 0 Å². The summed E-state index contributed by atoms with van der Waals surface area (Å²) < 4.78 is 5.99. The van der Waals surface area contributed by atoms with Crippen molar-refractivity contribution in [2.75, 3.05) is 13.1 Å². The molecule has 29 heavy (non-hydrogen) atoms. The first-order valence-corrected chi connectivity index (χ1v) is 9.75. The van der Waals surface area contributed by atoms with Crippen LogP contribution in [0.15, 0.2) is 59.1 Å². The summed E-state index contributed by atoms with van der Waals surface area (Å²) in [4.78, 5) is 17.4. The zero-order valence-corrected chi connectivity index (χ0v) is 17.5. The number of hydrogen-bond acceptors (Lipinski definition) is 4. The molecule has 2 N–H and O–H groups in total. The maximum Gasteiger partial charge on any atom is 0.252 e. The highest BCUT2D eigenvalue weighted by Gasteiger charge is 2.25. The zero-order chi connectivity index (χ0) is 19.5. The van der Waals surface area contributed by atoms with Gasteiger partial charge in [-0.05, 0) is 37.9 Å². The molecule has 4 rings (SSSR count). The van der Waals surface area contributed by atoms with E-state index in [1.807, 2.05) is 55.5 Å². The van der Waals surface area contributed by atoms with Crippen molar-refractivity contribution < 1.29 is 9.21 Å². The monoisotopic (exact) mass is 411 g/mol. The van der Waals surface area contributed by atoms with Gasteiger partial charge in [-0.1, -0.05) is 48.9 Å². The molecule has 1 aliphatic heterocycles. The van der Waals surface area contributed by atoms with E-state index in [1.165, 1.54) is 5.56 Å². The summed E-state index contributed by atoms with van der Waals surface area (Å²) in [6.07, 6.45) is 2.77.